The first-order chi connectivity index (χ1) is 27.7. The summed E-state index contributed by atoms with van der Waals surface area (Å²) >= 11 is 0. The summed E-state index contributed by atoms with van der Waals surface area (Å²) in [5, 5.41) is 0. The fourth-order valence-corrected chi connectivity index (χ4v) is 4.66. The van der Waals surface area contributed by atoms with Gasteiger partial charge in [-0.3, -0.25) is 4.79 Å². The molecule has 2 nitrogen and oxygen atoms in total. The molecule has 2 aliphatic rings. The summed E-state index contributed by atoms with van der Waals surface area (Å²) in [6, 6.07) is 0. The van der Waals surface area contributed by atoms with E-state index in [1.807, 2.05) is 0 Å². The fraction of sp³-hybridized carbons (Fsp3) is 0.241. The lowest BCUT2D eigenvalue weighted by Gasteiger charge is -2.25. The van der Waals surface area contributed by atoms with Crippen molar-refractivity contribution < 1.29 is 9.53 Å². The predicted octanol–water partition coefficient (Wildman–Crippen LogP) is 3.47. The molecule has 56 heavy (non-hydrogen) atoms. The zero-order chi connectivity index (χ0) is 40.0. The van der Waals surface area contributed by atoms with E-state index in [2.05, 4.69) is 231 Å². The van der Waals surface area contributed by atoms with E-state index in [-0.39, 0.29) is 29.8 Å². The number of rotatable bonds is 0. The fourth-order valence-electron chi connectivity index (χ4n) is 4.66. The molecule has 0 amide bonds. The number of esters is 1. The maximum absolute atomic E-state index is 13.1. The van der Waals surface area contributed by atoms with Crippen molar-refractivity contribution in [1.82, 2.24) is 0 Å². The summed E-state index contributed by atoms with van der Waals surface area (Å²) in [7, 11) is 0. The average molecular weight is 705 g/mol. The quantitative estimate of drug-likeness (QED) is 0.286. The standard InChI is InChI=1S/C54H24O2/c1-4-7-10-13-16-19-22-24-27-28-31-34-37-41-49-43-40-44-50(42-38-35-32-29-26-23-20-17-14-11-8-5-2)48-53-51(47-46-49)52(54(55)56-53)45-39-36-33-30-25-21-18-15-12-9-6-3/h2,49-53H,40,43-44,46-48H2,1,3H3. The predicted molar refractivity (Wildman–Crippen MR) is 219 cm³/mol. The van der Waals surface area contributed by atoms with Crippen LogP contribution in [-0.4, -0.2) is 12.1 Å². The van der Waals surface area contributed by atoms with Gasteiger partial charge in [-0.05, 0) is 247 Å². The van der Waals surface area contributed by atoms with Crippen molar-refractivity contribution in [3.8, 4) is 237 Å². The number of terminal acetylenes is 1. The highest BCUT2D eigenvalue weighted by atomic mass is 16.6. The maximum Gasteiger partial charge on any atom is 0.321 e. The Morgan fingerprint density at radius 2 is 0.786 bits per heavy atom. The van der Waals surface area contributed by atoms with Crippen LogP contribution >= 0.6 is 0 Å². The molecule has 0 aromatic carbocycles. The van der Waals surface area contributed by atoms with Gasteiger partial charge in [-0.15, -0.1) is 6.42 Å². The molecule has 2 heteroatoms. The molecule has 0 spiro atoms. The van der Waals surface area contributed by atoms with E-state index in [1.54, 1.807) is 13.8 Å². The van der Waals surface area contributed by atoms with Crippen molar-refractivity contribution in [2.75, 3.05) is 0 Å². The Hall–Kier alpha value is -9.33. The zero-order valence-electron chi connectivity index (χ0n) is 30.5. The molecule has 1 saturated heterocycles. The molecule has 2 rings (SSSR count). The van der Waals surface area contributed by atoms with E-state index in [9.17, 15) is 4.79 Å². The first-order valence-electron chi connectivity index (χ1n) is 16.7. The van der Waals surface area contributed by atoms with Gasteiger partial charge in [-0.1, -0.05) is 36.0 Å². The third-order valence-electron chi connectivity index (χ3n) is 6.88. The van der Waals surface area contributed by atoms with Crippen molar-refractivity contribution in [2.24, 2.45) is 23.7 Å². The van der Waals surface area contributed by atoms with E-state index < -0.39 is 5.92 Å². The van der Waals surface area contributed by atoms with Crippen LogP contribution in [0.4, 0.5) is 0 Å². The number of hydrogen-bond donors (Lipinski definition) is 0. The Labute approximate surface area is 333 Å². The molecule has 0 bridgehead atoms. The first kappa shape index (κ1) is 42.8. The minimum absolute atomic E-state index is 0.0302. The van der Waals surface area contributed by atoms with Gasteiger partial charge in [-0.25, -0.2) is 0 Å². The van der Waals surface area contributed by atoms with E-state index in [0.29, 0.717) is 12.8 Å². The second-order valence-electron chi connectivity index (χ2n) is 10.5. The normalized spacial score (nSPS) is 16.1. The molecule has 0 N–H and O–H groups in total. The Morgan fingerprint density at radius 3 is 1.21 bits per heavy atom. The third-order valence-corrected chi connectivity index (χ3v) is 6.88. The van der Waals surface area contributed by atoms with Crippen molar-refractivity contribution in [3.05, 3.63) is 0 Å². The second-order valence-corrected chi connectivity index (χ2v) is 10.5. The molecule has 0 aromatic rings. The summed E-state index contributed by atoms with van der Waals surface area (Å²) in [5.74, 6) is 102. The van der Waals surface area contributed by atoms with Crippen molar-refractivity contribution in [2.45, 2.75) is 58.5 Å². The molecular weight excluding hydrogens is 681 g/mol. The molecule has 1 heterocycles. The van der Waals surface area contributed by atoms with E-state index in [4.69, 9.17) is 11.2 Å². The second kappa shape index (κ2) is 30.5. The Morgan fingerprint density at radius 1 is 0.429 bits per heavy atom. The number of fused-ring (bicyclic) bond motifs is 1. The van der Waals surface area contributed by atoms with Gasteiger partial charge >= 0.3 is 5.97 Å². The van der Waals surface area contributed by atoms with E-state index >= 15 is 0 Å². The summed E-state index contributed by atoms with van der Waals surface area (Å²) in [5.41, 5.74) is 0. The summed E-state index contributed by atoms with van der Waals surface area (Å²) in [4.78, 5) is 13.1. The average Bonchev–Trinajstić information content (AvgIpc) is 3.50. The molecule has 1 aliphatic heterocycles. The number of hydrogen-bond acceptors (Lipinski definition) is 2. The van der Waals surface area contributed by atoms with Crippen LogP contribution in [0.25, 0.3) is 0 Å². The first-order valence-corrected chi connectivity index (χ1v) is 16.7. The number of carbonyl (C=O) groups is 1. The SMILES string of the molecule is C#CC#CC#CC#CC#CC#CC#CC1CCCC(C#CC#CC#CC#CC#CC#CC#CC)CCC2C(C1)OC(=O)C2C#CC#CC#CC#CC#CC#CC. The van der Waals surface area contributed by atoms with Gasteiger partial charge in [0.2, 0.25) is 0 Å². The summed E-state index contributed by atoms with van der Waals surface area (Å²) < 4.78 is 5.89. The Kier molecular flexibility index (Phi) is 23.3. The third kappa shape index (κ3) is 21.0. The molecule has 0 aromatic heterocycles. The summed E-state index contributed by atoms with van der Waals surface area (Å²) in [6.45, 7) is 3.38. The minimum Gasteiger partial charge on any atom is -0.461 e. The van der Waals surface area contributed by atoms with Gasteiger partial charge in [0.05, 0.1) is 0 Å². The number of carbonyl (C=O) groups excluding carboxylic acids is 1. The molecule has 5 unspecified atom stereocenters. The van der Waals surface area contributed by atoms with Crippen molar-refractivity contribution in [3.63, 3.8) is 0 Å². The minimum atomic E-state index is -0.651. The molecule has 5 atom stereocenters. The van der Waals surface area contributed by atoms with Gasteiger partial charge in [0.15, 0.2) is 0 Å². The largest absolute Gasteiger partial charge is 0.461 e. The highest BCUT2D eigenvalue weighted by molar-refractivity contribution is 5.79. The van der Waals surface area contributed by atoms with E-state index in [1.165, 1.54) is 0 Å². The Balaban J connectivity index is 2.27. The van der Waals surface area contributed by atoms with Gasteiger partial charge in [0.1, 0.15) is 12.0 Å². The van der Waals surface area contributed by atoms with Gasteiger partial charge < -0.3 is 4.74 Å². The van der Waals surface area contributed by atoms with Crippen LogP contribution in [0, 0.1) is 261 Å². The van der Waals surface area contributed by atoms with Crippen LogP contribution in [0.3, 0.4) is 0 Å². The molecule has 0 radical (unpaired) electrons. The van der Waals surface area contributed by atoms with Crippen LogP contribution in [0.5, 0.6) is 0 Å². The smallest absolute Gasteiger partial charge is 0.321 e. The van der Waals surface area contributed by atoms with Crippen molar-refractivity contribution >= 4 is 5.97 Å². The van der Waals surface area contributed by atoms with Crippen LogP contribution in [-0.2, 0) is 9.53 Å². The monoisotopic (exact) mass is 704 g/mol. The van der Waals surface area contributed by atoms with Crippen molar-refractivity contribution in [1.29, 1.82) is 0 Å². The number of ether oxygens (including phenoxy) is 1. The molecule has 252 valence electrons. The molecular formula is C54H24O2. The highest BCUT2D eigenvalue weighted by Gasteiger charge is 2.44. The van der Waals surface area contributed by atoms with Crippen LogP contribution in [0.15, 0.2) is 0 Å². The van der Waals surface area contributed by atoms with Crippen LogP contribution in [0.2, 0.25) is 0 Å². The van der Waals surface area contributed by atoms with Gasteiger partial charge in [0.25, 0.3) is 0 Å². The van der Waals surface area contributed by atoms with Gasteiger partial charge in [0, 0.05) is 17.8 Å². The molecule has 1 saturated carbocycles. The maximum atomic E-state index is 13.1. The van der Waals surface area contributed by atoms with Gasteiger partial charge in [-0.2, -0.15) is 0 Å². The van der Waals surface area contributed by atoms with Crippen LogP contribution < -0.4 is 0 Å². The lowest BCUT2D eigenvalue weighted by molar-refractivity contribution is -0.143. The lowest BCUT2D eigenvalue weighted by atomic mass is 9.78. The topological polar surface area (TPSA) is 26.3 Å². The Bertz CT molecular complexity index is 2880. The highest BCUT2D eigenvalue weighted by Crippen LogP contribution is 2.38. The molecule has 2 fully saturated rings. The van der Waals surface area contributed by atoms with E-state index in [0.717, 1.165) is 25.7 Å². The van der Waals surface area contributed by atoms with Crippen LogP contribution in [0.1, 0.15) is 52.4 Å². The molecule has 1 aliphatic carbocycles. The zero-order valence-corrected chi connectivity index (χ0v) is 30.5. The lowest BCUT2D eigenvalue weighted by Crippen LogP contribution is -2.25. The summed E-state index contributed by atoms with van der Waals surface area (Å²) in [6.07, 6.45) is 9.07.